The largest absolute Gasteiger partial charge is 0.493 e. The SMILES string of the molecule is COc1cc(/C=C2\N=C(c3ccc4ccccc4c3)OC2=O)ccc1OCc1ccc([N+](=O)[O-])cc1. The number of non-ortho nitro benzene ring substituents is 1. The van der Waals surface area contributed by atoms with Crippen LogP contribution in [0.1, 0.15) is 16.7 Å². The zero-order valence-corrected chi connectivity index (χ0v) is 19.2. The Morgan fingerprint density at radius 1 is 0.944 bits per heavy atom. The number of nitrogens with zero attached hydrogens (tertiary/aromatic N) is 2. The summed E-state index contributed by atoms with van der Waals surface area (Å²) in [6, 6.07) is 25.1. The van der Waals surface area contributed by atoms with E-state index in [4.69, 9.17) is 14.2 Å². The summed E-state index contributed by atoms with van der Waals surface area (Å²) in [5, 5.41) is 12.9. The van der Waals surface area contributed by atoms with Crippen LogP contribution in [-0.4, -0.2) is 23.9 Å². The molecule has 0 saturated heterocycles. The van der Waals surface area contributed by atoms with Gasteiger partial charge in [-0.1, -0.05) is 36.4 Å². The Hall–Kier alpha value is -4.98. The molecule has 0 aliphatic carbocycles. The Kier molecular flexibility index (Phi) is 6.15. The fraction of sp³-hybridized carbons (Fsp3) is 0.0714. The average molecular weight is 480 g/mol. The van der Waals surface area contributed by atoms with Crippen LogP contribution in [0.25, 0.3) is 16.8 Å². The lowest BCUT2D eigenvalue weighted by molar-refractivity contribution is -0.384. The Labute approximate surface area is 206 Å². The number of cyclic esters (lactones) is 1. The lowest BCUT2D eigenvalue weighted by atomic mass is 10.1. The molecule has 5 rings (SSSR count). The van der Waals surface area contributed by atoms with Crippen LogP contribution >= 0.6 is 0 Å². The van der Waals surface area contributed by atoms with Gasteiger partial charge >= 0.3 is 5.97 Å². The first-order valence-electron chi connectivity index (χ1n) is 11.1. The maximum absolute atomic E-state index is 12.5. The third kappa shape index (κ3) is 4.78. The number of rotatable bonds is 7. The van der Waals surface area contributed by atoms with Crippen molar-refractivity contribution in [3.8, 4) is 11.5 Å². The summed E-state index contributed by atoms with van der Waals surface area (Å²) in [7, 11) is 1.52. The van der Waals surface area contributed by atoms with Crippen LogP contribution in [-0.2, 0) is 16.1 Å². The van der Waals surface area contributed by atoms with Gasteiger partial charge in [-0.3, -0.25) is 10.1 Å². The van der Waals surface area contributed by atoms with E-state index in [0.717, 1.165) is 21.9 Å². The molecular formula is C28H20N2O6. The number of hydrogen-bond donors (Lipinski definition) is 0. The quantitative estimate of drug-likeness (QED) is 0.146. The molecule has 1 aliphatic heterocycles. The highest BCUT2D eigenvalue weighted by molar-refractivity contribution is 6.13. The van der Waals surface area contributed by atoms with E-state index in [1.807, 2.05) is 42.5 Å². The van der Waals surface area contributed by atoms with Gasteiger partial charge in [0.25, 0.3) is 5.69 Å². The number of methoxy groups -OCH3 is 1. The molecule has 0 atom stereocenters. The number of benzene rings is 4. The molecule has 0 spiro atoms. The van der Waals surface area contributed by atoms with E-state index in [1.54, 1.807) is 36.4 Å². The van der Waals surface area contributed by atoms with E-state index < -0.39 is 10.9 Å². The third-order valence-electron chi connectivity index (χ3n) is 5.65. The van der Waals surface area contributed by atoms with Crippen molar-refractivity contribution < 1.29 is 23.9 Å². The maximum atomic E-state index is 12.5. The Bertz CT molecular complexity index is 1540. The van der Waals surface area contributed by atoms with Gasteiger partial charge in [0, 0.05) is 17.7 Å². The molecule has 1 aliphatic rings. The predicted octanol–water partition coefficient (Wildman–Crippen LogP) is 5.68. The van der Waals surface area contributed by atoms with Crippen LogP contribution < -0.4 is 9.47 Å². The molecule has 178 valence electrons. The van der Waals surface area contributed by atoms with Crippen molar-refractivity contribution in [2.24, 2.45) is 4.99 Å². The fourth-order valence-corrected chi connectivity index (χ4v) is 3.78. The smallest absolute Gasteiger partial charge is 0.363 e. The lowest BCUT2D eigenvalue weighted by Gasteiger charge is -2.11. The molecule has 8 heteroatoms. The number of nitro groups is 1. The molecule has 0 aromatic heterocycles. The van der Waals surface area contributed by atoms with Crippen LogP contribution in [0.5, 0.6) is 11.5 Å². The van der Waals surface area contributed by atoms with Crippen LogP contribution in [0.15, 0.2) is 95.6 Å². The second-order valence-electron chi connectivity index (χ2n) is 8.02. The molecular weight excluding hydrogens is 460 g/mol. The van der Waals surface area contributed by atoms with E-state index in [1.165, 1.54) is 19.2 Å². The van der Waals surface area contributed by atoms with Gasteiger partial charge in [0.1, 0.15) is 6.61 Å². The third-order valence-corrected chi connectivity index (χ3v) is 5.65. The second-order valence-corrected chi connectivity index (χ2v) is 8.02. The summed E-state index contributed by atoms with van der Waals surface area (Å²) in [5.41, 5.74) is 2.38. The zero-order valence-electron chi connectivity index (χ0n) is 19.2. The van der Waals surface area contributed by atoms with Crippen molar-refractivity contribution in [2.75, 3.05) is 7.11 Å². The summed E-state index contributed by atoms with van der Waals surface area (Å²) >= 11 is 0. The molecule has 4 aromatic carbocycles. The van der Waals surface area contributed by atoms with E-state index in [-0.39, 0.29) is 23.9 Å². The molecule has 0 radical (unpaired) electrons. The number of esters is 1. The topological polar surface area (TPSA) is 100 Å². The normalized spacial score (nSPS) is 14.0. The van der Waals surface area contributed by atoms with E-state index in [2.05, 4.69) is 4.99 Å². The first-order valence-corrected chi connectivity index (χ1v) is 11.1. The predicted molar refractivity (Wildman–Crippen MR) is 135 cm³/mol. The van der Waals surface area contributed by atoms with Crippen molar-refractivity contribution in [3.63, 3.8) is 0 Å². The summed E-state index contributed by atoms with van der Waals surface area (Å²) in [5.74, 6) is 0.686. The van der Waals surface area contributed by atoms with Crippen LogP contribution in [0.2, 0.25) is 0 Å². The molecule has 8 nitrogen and oxygen atoms in total. The van der Waals surface area contributed by atoms with Crippen LogP contribution in [0.3, 0.4) is 0 Å². The summed E-state index contributed by atoms with van der Waals surface area (Å²) in [6.07, 6.45) is 1.62. The number of carbonyl (C=O) groups excluding carboxylic acids is 1. The van der Waals surface area contributed by atoms with Gasteiger partial charge in [0.05, 0.1) is 12.0 Å². The highest BCUT2D eigenvalue weighted by atomic mass is 16.6. The molecule has 0 N–H and O–H groups in total. The van der Waals surface area contributed by atoms with Crippen molar-refractivity contribution >= 4 is 34.4 Å². The second kappa shape index (κ2) is 9.71. The molecule has 0 amide bonds. The van der Waals surface area contributed by atoms with Crippen LogP contribution in [0, 0.1) is 10.1 Å². The van der Waals surface area contributed by atoms with E-state index >= 15 is 0 Å². The Morgan fingerprint density at radius 2 is 1.72 bits per heavy atom. The zero-order chi connectivity index (χ0) is 25.1. The van der Waals surface area contributed by atoms with Gasteiger partial charge in [0.2, 0.25) is 5.90 Å². The minimum absolute atomic E-state index is 0.0191. The minimum Gasteiger partial charge on any atom is -0.493 e. The molecule has 4 aromatic rings. The highest BCUT2D eigenvalue weighted by Gasteiger charge is 2.24. The maximum Gasteiger partial charge on any atom is 0.363 e. The number of fused-ring (bicyclic) bond motifs is 1. The molecule has 36 heavy (non-hydrogen) atoms. The van der Waals surface area contributed by atoms with Crippen molar-refractivity contribution in [1.29, 1.82) is 0 Å². The van der Waals surface area contributed by atoms with Gasteiger partial charge in [0.15, 0.2) is 17.2 Å². The molecule has 0 unspecified atom stereocenters. The summed E-state index contributed by atoms with van der Waals surface area (Å²) < 4.78 is 16.7. The molecule has 0 bridgehead atoms. The number of aliphatic imine (C=N–C) groups is 1. The molecule has 0 saturated carbocycles. The minimum atomic E-state index is -0.532. The number of hydrogen-bond acceptors (Lipinski definition) is 7. The van der Waals surface area contributed by atoms with E-state index in [0.29, 0.717) is 17.1 Å². The first kappa shape index (κ1) is 22.8. The van der Waals surface area contributed by atoms with Gasteiger partial charge in [-0.25, -0.2) is 9.79 Å². The number of nitro benzene ring substituents is 1. The van der Waals surface area contributed by atoms with Gasteiger partial charge < -0.3 is 14.2 Å². The molecule has 1 heterocycles. The standard InChI is InChI=1S/C28H20N2O6/c1-34-26-15-19(8-13-25(26)35-17-18-6-11-23(12-7-18)30(32)33)14-24-28(31)36-27(29-24)22-10-9-20-4-2-3-5-21(20)16-22/h2-16H,17H2,1H3/b24-14-. The monoisotopic (exact) mass is 480 g/mol. The number of carbonyl (C=O) groups is 1. The number of ether oxygens (including phenoxy) is 3. The Morgan fingerprint density at radius 3 is 2.47 bits per heavy atom. The molecule has 0 fully saturated rings. The van der Waals surface area contributed by atoms with Crippen molar-refractivity contribution in [3.05, 3.63) is 117 Å². The first-order chi connectivity index (χ1) is 17.5. The van der Waals surface area contributed by atoms with Gasteiger partial charge in [-0.2, -0.15) is 0 Å². The van der Waals surface area contributed by atoms with Gasteiger partial charge in [-0.15, -0.1) is 0 Å². The fourth-order valence-electron chi connectivity index (χ4n) is 3.78. The van der Waals surface area contributed by atoms with Crippen LogP contribution in [0.4, 0.5) is 5.69 Å². The van der Waals surface area contributed by atoms with Crippen molar-refractivity contribution in [2.45, 2.75) is 6.61 Å². The summed E-state index contributed by atoms with van der Waals surface area (Å²) in [4.78, 5) is 27.2. The van der Waals surface area contributed by atoms with Crippen molar-refractivity contribution in [1.82, 2.24) is 0 Å². The van der Waals surface area contributed by atoms with E-state index in [9.17, 15) is 14.9 Å². The Balaban J connectivity index is 1.34. The lowest BCUT2D eigenvalue weighted by Crippen LogP contribution is -2.05. The highest BCUT2D eigenvalue weighted by Crippen LogP contribution is 2.31. The van der Waals surface area contributed by atoms with Gasteiger partial charge in [-0.05, 0) is 64.4 Å². The average Bonchev–Trinajstić information content (AvgIpc) is 3.27. The summed E-state index contributed by atoms with van der Waals surface area (Å²) in [6.45, 7) is 0.209.